The maximum atomic E-state index is 4.33. The van der Waals surface area contributed by atoms with Crippen LogP contribution in [0.4, 0.5) is 0 Å². The van der Waals surface area contributed by atoms with Crippen molar-refractivity contribution in [1.82, 2.24) is 0 Å². The van der Waals surface area contributed by atoms with E-state index in [0.717, 1.165) is 0 Å². The molecule has 94 valence electrons. The molecule has 0 aliphatic heterocycles. The molecule has 0 heteroatoms. The van der Waals surface area contributed by atoms with Crippen molar-refractivity contribution in [2.45, 2.75) is 53.4 Å². The molecular weight excluding hydrogens is 204 g/mol. The van der Waals surface area contributed by atoms with Crippen LogP contribution >= 0.6 is 0 Å². The average Bonchev–Trinajstić information content (AvgIpc) is 2.31. The maximum Gasteiger partial charge on any atom is -0.0162 e. The van der Waals surface area contributed by atoms with Gasteiger partial charge in [0.15, 0.2) is 0 Å². The molecule has 0 bridgehead atoms. The van der Waals surface area contributed by atoms with Crippen LogP contribution in [0.2, 0.25) is 0 Å². The number of aryl methyl sites for hydroxylation is 2. The summed E-state index contributed by atoms with van der Waals surface area (Å²) >= 11 is 0. The van der Waals surface area contributed by atoms with Crippen molar-refractivity contribution in [3.63, 3.8) is 0 Å². The molecule has 0 nitrogen and oxygen atoms in total. The van der Waals surface area contributed by atoms with Gasteiger partial charge in [0.25, 0.3) is 0 Å². The minimum Gasteiger partial charge on any atom is -0.0950 e. The predicted molar refractivity (Wildman–Crippen MR) is 78.3 cm³/mol. The van der Waals surface area contributed by atoms with Gasteiger partial charge in [-0.2, -0.15) is 0 Å². The second kappa shape index (κ2) is 6.64. The Kier molecular flexibility index (Phi) is 5.47. The highest BCUT2D eigenvalue weighted by atomic mass is 14.2. The Morgan fingerprint density at radius 3 is 2.12 bits per heavy atom. The van der Waals surface area contributed by atoms with Crippen molar-refractivity contribution in [1.29, 1.82) is 0 Å². The normalized spacial score (nSPS) is 10.9. The molecule has 0 N–H and O–H groups in total. The first-order valence-electron chi connectivity index (χ1n) is 6.86. The van der Waals surface area contributed by atoms with Crippen LogP contribution < -0.4 is 0 Å². The van der Waals surface area contributed by atoms with Crippen molar-refractivity contribution in [2.75, 3.05) is 0 Å². The molecule has 0 heterocycles. The molecule has 17 heavy (non-hydrogen) atoms. The van der Waals surface area contributed by atoms with Crippen LogP contribution in [-0.2, 0) is 0 Å². The third kappa shape index (κ3) is 3.73. The summed E-state index contributed by atoms with van der Waals surface area (Å²) in [6.07, 6.45) is 5.02. The van der Waals surface area contributed by atoms with E-state index >= 15 is 0 Å². The summed E-state index contributed by atoms with van der Waals surface area (Å²) in [7, 11) is 0. The van der Waals surface area contributed by atoms with Gasteiger partial charge in [0.2, 0.25) is 0 Å². The molecule has 0 spiro atoms. The topological polar surface area (TPSA) is 0 Å². The molecule has 0 saturated heterocycles. The molecule has 1 aromatic rings. The van der Waals surface area contributed by atoms with Crippen molar-refractivity contribution in [2.24, 2.45) is 5.92 Å². The third-order valence-corrected chi connectivity index (χ3v) is 3.64. The molecule has 0 radical (unpaired) electrons. The summed E-state index contributed by atoms with van der Waals surface area (Å²) in [5, 5.41) is 0. The SMILES string of the molecule is C=C(c1ccc(C)c(C)c1)C(CCC)CCC. The first-order chi connectivity index (χ1) is 8.10. The zero-order valence-corrected chi connectivity index (χ0v) is 11.8. The summed E-state index contributed by atoms with van der Waals surface area (Å²) in [5.74, 6) is 0.659. The second-order valence-corrected chi connectivity index (χ2v) is 5.10. The quantitative estimate of drug-likeness (QED) is 0.602. The molecule has 0 unspecified atom stereocenters. The summed E-state index contributed by atoms with van der Waals surface area (Å²) in [6, 6.07) is 6.73. The summed E-state index contributed by atoms with van der Waals surface area (Å²) in [4.78, 5) is 0. The molecule has 0 aliphatic carbocycles. The first-order valence-corrected chi connectivity index (χ1v) is 6.86. The zero-order valence-electron chi connectivity index (χ0n) is 11.8. The van der Waals surface area contributed by atoms with Crippen LogP contribution in [0, 0.1) is 19.8 Å². The largest absolute Gasteiger partial charge is 0.0950 e. The Hall–Kier alpha value is -1.04. The minimum absolute atomic E-state index is 0.659. The van der Waals surface area contributed by atoms with E-state index in [2.05, 4.69) is 52.5 Å². The number of allylic oxidation sites excluding steroid dienone is 1. The van der Waals surface area contributed by atoms with Crippen LogP contribution in [0.5, 0.6) is 0 Å². The van der Waals surface area contributed by atoms with Gasteiger partial charge in [-0.1, -0.05) is 51.5 Å². The molecule has 0 saturated carbocycles. The monoisotopic (exact) mass is 230 g/mol. The molecule has 1 rings (SSSR count). The van der Waals surface area contributed by atoms with Crippen molar-refractivity contribution in [3.05, 3.63) is 41.5 Å². The van der Waals surface area contributed by atoms with Gasteiger partial charge >= 0.3 is 0 Å². The van der Waals surface area contributed by atoms with E-state index in [0.29, 0.717) is 5.92 Å². The molecular formula is C17H26. The van der Waals surface area contributed by atoms with Crippen LogP contribution in [0.3, 0.4) is 0 Å². The van der Waals surface area contributed by atoms with Gasteiger partial charge in [-0.05, 0) is 54.9 Å². The molecule has 1 aromatic carbocycles. The van der Waals surface area contributed by atoms with Crippen LogP contribution in [-0.4, -0.2) is 0 Å². The molecule has 0 amide bonds. The Morgan fingerprint density at radius 1 is 1.06 bits per heavy atom. The fraction of sp³-hybridized carbons (Fsp3) is 0.529. The van der Waals surface area contributed by atoms with Crippen molar-refractivity contribution >= 4 is 5.57 Å². The van der Waals surface area contributed by atoms with Crippen LogP contribution in [0.1, 0.15) is 56.2 Å². The smallest absolute Gasteiger partial charge is 0.0162 e. The molecule has 0 aromatic heterocycles. The van der Waals surface area contributed by atoms with Gasteiger partial charge in [-0.3, -0.25) is 0 Å². The molecule has 0 aliphatic rings. The van der Waals surface area contributed by atoms with E-state index < -0.39 is 0 Å². The van der Waals surface area contributed by atoms with Gasteiger partial charge in [0.05, 0.1) is 0 Å². The zero-order chi connectivity index (χ0) is 12.8. The maximum absolute atomic E-state index is 4.33. The van der Waals surface area contributed by atoms with Gasteiger partial charge in [0.1, 0.15) is 0 Å². The Bertz CT molecular complexity index is 368. The second-order valence-electron chi connectivity index (χ2n) is 5.10. The Balaban J connectivity index is 2.88. The molecule has 0 atom stereocenters. The standard InChI is InChI=1S/C17H26/c1-6-8-16(9-7-2)15(5)17-11-10-13(3)14(4)12-17/h10-12,16H,5-9H2,1-4H3. The van der Waals surface area contributed by atoms with Crippen molar-refractivity contribution < 1.29 is 0 Å². The van der Waals surface area contributed by atoms with Gasteiger partial charge in [0, 0.05) is 0 Å². The predicted octanol–water partition coefficient (Wildman–Crippen LogP) is 5.53. The first kappa shape index (κ1) is 14.0. The van der Waals surface area contributed by atoms with Crippen molar-refractivity contribution in [3.8, 4) is 0 Å². The lowest BCUT2D eigenvalue weighted by Crippen LogP contribution is -2.03. The van der Waals surface area contributed by atoms with E-state index in [-0.39, 0.29) is 0 Å². The van der Waals surface area contributed by atoms with Gasteiger partial charge < -0.3 is 0 Å². The number of rotatable bonds is 6. The third-order valence-electron chi connectivity index (χ3n) is 3.64. The number of hydrogen-bond donors (Lipinski definition) is 0. The fourth-order valence-electron chi connectivity index (χ4n) is 2.37. The fourth-order valence-corrected chi connectivity index (χ4v) is 2.37. The Morgan fingerprint density at radius 2 is 1.65 bits per heavy atom. The lowest BCUT2D eigenvalue weighted by molar-refractivity contribution is 0.544. The highest BCUT2D eigenvalue weighted by Gasteiger charge is 2.12. The van der Waals surface area contributed by atoms with Gasteiger partial charge in [-0.15, -0.1) is 0 Å². The summed E-state index contributed by atoms with van der Waals surface area (Å²) < 4.78 is 0. The van der Waals surface area contributed by atoms with Gasteiger partial charge in [-0.25, -0.2) is 0 Å². The van der Waals surface area contributed by atoms with E-state index in [1.807, 2.05) is 0 Å². The van der Waals surface area contributed by atoms with E-state index in [9.17, 15) is 0 Å². The number of benzene rings is 1. The highest BCUT2D eigenvalue weighted by molar-refractivity contribution is 5.66. The van der Waals surface area contributed by atoms with Crippen LogP contribution in [0.25, 0.3) is 5.57 Å². The summed E-state index contributed by atoms with van der Waals surface area (Å²) in [5.41, 5.74) is 5.40. The number of hydrogen-bond acceptors (Lipinski definition) is 0. The van der Waals surface area contributed by atoms with E-state index in [4.69, 9.17) is 0 Å². The lowest BCUT2D eigenvalue weighted by Gasteiger charge is -2.19. The minimum atomic E-state index is 0.659. The van der Waals surface area contributed by atoms with E-state index in [1.165, 1.54) is 47.9 Å². The Labute approximate surface area is 107 Å². The average molecular weight is 230 g/mol. The highest BCUT2D eigenvalue weighted by Crippen LogP contribution is 2.30. The lowest BCUT2D eigenvalue weighted by atomic mass is 9.86. The van der Waals surface area contributed by atoms with Crippen LogP contribution in [0.15, 0.2) is 24.8 Å². The summed E-state index contributed by atoms with van der Waals surface area (Å²) in [6.45, 7) is 13.2. The van der Waals surface area contributed by atoms with E-state index in [1.54, 1.807) is 0 Å². The molecule has 0 fully saturated rings.